The highest BCUT2D eigenvalue weighted by molar-refractivity contribution is 9.09. The van der Waals surface area contributed by atoms with Crippen LogP contribution in [0.1, 0.15) is 44.9 Å². The highest BCUT2D eigenvalue weighted by atomic mass is 79.9. The Morgan fingerprint density at radius 1 is 1.14 bits per heavy atom. The van der Waals surface area contributed by atoms with Crippen LogP contribution in [0.25, 0.3) is 0 Å². The zero-order chi connectivity index (χ0) is 15.5. The summed E-state index contributed by atoms with van der Waals surface area (Å²) in [5.41, 5.74) is 0. The molecule has 2 aliphatic rings. The molecule has 3 unspecified atom stereocenters. The van der Waals surface area contributed by atoms with Crippen molar-refractivity contribution < 1.29 is 18.0 Å². The summed E-state index contributed by atoms with van der Waals surface area (Å²) in [5, 5.41) is 0.883. The van der Waals surface area contributed by atoms with Crippen molar-refractivity contribution in [2.24, 2.45) is 17.8 Å². The topological polar surface area (TPSA) is 20.3 Å². The summed E-state index contributed by atoms with van der Waals surface area (Å²) in [6.45, 7) is 1.25. The van der Waals surface area contributed by atoms with Crippen LogP contribution in [0.15, 0.2) is 0 Å². The lowest BCUT2D eigenvalue weighted by molar-refractivity contribution is -0.201. The molecule has 0 aromatic heterocycles. The van der Waals surface area contributed by atoms with E-state index in [1.54, 1.807) is 4.90 Å². The summed E-state index contributed by atoms with van der Waals surface area (Å²) in [6, 6.07) is 0. The molecule has 1 aliphatic heterocycles. The fourth-order valence-corrected chi connectivity index (χ4v) is 4.36. The van der Waals surface area contributed by atoms with E-state index in [4.69, 9.17) is 0 Å². The van der Waals surface area contributed by atoms with Gasteiger partial charge in [0.1, 0.15) is 0 Å². The summed E-state index contributed by atoms with van der Waals surface area (Å²) < 4.78 is 39.4. The van der Waals surface area contributed by atoms with Gasteiger partial charge in [0.15, 0.2) is 0 Å². The Labute approximate surface area is 132 Å². The predicted octanol–water partition coefficient (Wildman–Crippen LogP) is 4.38. The number of alkyl halides is 4. The third-order valence-electron chi connectivity index (χ3n) is 4.85. The van der Waals surface area contributed by atoms with Gasteiger partial charge in [-0.1, -0.05) is 28.8 Å². The van der Waals surface area contributed by atoms with Crippen molar-refractivity contribution in [1.82, 2.24) is 4.90 Å². The van der Waals surface area contributed by atoms with Crippen LogP contribution in [0.5, 0.6) is 0 Å². The van der Waals surface area contributed by atoms with Crippen LogP contribution in [0.2, 0.25) is 0 Å². The van der Waals surface area contributed by atoms with Gasteiger partial charge in [-0.05, 0) is 38.0 Å². The molecule has 1 aliphatic carbocycles. The Hall–Kier alpha value is -0.260. The lowest BCUT2D eigenvalue weighted by atomic mass is 9.77. The molecule has 3 atom stereocenters. The van der Waals surface area contributed by atoms with Gasteiger partial charge >= 0.3 is 6.18 Å². The van der Waals surface area contributed by atoms with Gasteiger partial charge in [0.2, 0.25) is 5.91 Å². The third kappa shape index (κ3) is 4.36. The second kappa shape index (κ2) is 7.34. The number of rotatable bonds is 3. The van der Waals surface area contributed by atoms with E-state index in [1.807, 2.05) is 0 Å². The van der Waals surface area contributed by atoms with Crippen molar-refractivity contribution in [1.29, 1.82) is 0 Å². The normalized spacial score (nSPS) is 31.2. The number of amides is 1. The van der Waals surface area contributed by atoms with E-state index in [0.717, 1.165) is 31.0 Å². The molecule has 2 rings (SSSR count). The molecule has 0 N–H and O–H groups in total. The summed E-state index contributed by atoms with van der Waals surface area (Å²) in [4.78, 5) is 14.3. The average molecular weight is 370 g/mol. The van der Waals surface area contributed by atoms with Crippen LogP contribution in [0.4, 0.5) is 13.2 Å². The largest absolute Gasteiger partial charge is 0.392 e. The monoisotopic (exact) mass is 369 g/mol. The molecule has 122 valence electrons. The fourth-order valence-electron chi connectivity index (χ4n) is 3.71. The second-order valence-electron chi connectivity index (χ2n) is 6.31. The molecule has 1 saturated carbocycles. The predicted molar refractivity (Wildman–Crippen MR) is 79.2 cm³/mol. The molecular formula is C15H23BrF3NO. The van der Waals surface area contributed by atoms with E-state index >= 15 is 0 Å². The summed E-state index contributed by atoms with van der Waals surface area (Å²) in [6.07, 6.45) is 0.543. The molecule has 6 heteroatoms. The molecule has 0 aromatic carbocycles. The number of likely N-dealkylation sites (tertiary alicyclic amines) is 1. The minimum atomic E-state index is -4.24. The molecule has 2 nitrogen and oxygen atoms in total. The maximum absolute atomic E-state index is 13.1. The van der Waals surface area contributed by atoms with Gasteiger partial charge in [-0.25, -0.2) is 0 Å². The van der Waals surface area contributed by atoms with E-state index in [0.29, 0.717) is 31.8 Å². The highest BCUT2D eigenvalue weighted by Gasteiger charge is 2.49. The zero-order valence-electron chi connectivity index (χ0n) is 12.2. The van der Waals surface area contributed by atoms with Crippen molar-refractivity contribution in [2.75, 3.05) is 18.4 Å². The number of hydrogen-bond acceptors (Lipinski definition) is 1. The third-order valence-corrected chi connectivity index (χ3v) is 5.31. The Kier molecular flexibility index (Phi) is 5.97. The Morgan fingerprint density at radius 2 is 1.86 bits per heavy atom. The van der Waals surface area contributed by atoms with E-state index in [9.17, 15) is 18.0 Å². The molecule has 0 spiro atoms. The van der Waals surface area contributed by atoms with Crippen LogP contribution >= 0.6 is 15.9 Å². The Bertz CT molecular complexity index is 359. The zero-order valence-corrected chi connectivity index (χ0v) is 13.8. The van der Waals surface area contributed by atoms with E-state index in [-0.39, 0.29) is 12.3 Å². The molecular weight excluding hydrogens is 347 g/mol. The van der Waals surface area contributed by atoms with E-state index < -0.39 is 18.0 Å². The summed E-state index contributed by atoms with van der Waals surface area (Å²) >= 11 is 3.40. The van der Waals surface area contributed by atoms with E-state index in [2.05, 4.69) is 15.9 Å². The van der Waals surface area contributed by atoms with Gasteiger partial charge in [-0.2, -0.15) is 13.2 Å². The van der Waals surface area contributed by atoms with Crippen molar-refractivity contribution in [2.45, 2.75) is 51.1 Å². The quantitative estimate of drug-likeness (QED) is 0.676. The van der Waals surface area contributed by atoms with Crippen molar-refractivity contribution in [3.63, 3.8) is 0 Å². The van der Waals surface area contributed by atoms with Gasteiger partial charge < -0.3 is 4.90 Å². The minimum absolute atomic E-state index is 0.110. The van der Waals surface area contributed by atoms with Crippen molar-refractivity contribution in [3.8, 4) is 0 Å². The number of hydrogen-bond donors (Lipinski definition) is 0. The van der Waals surface area contributed by atoms with Crippen LogP contribution in [0, 0.1) is 17.8 Å². The highest BCUT2D eigenvalue weighted by Crippen LogP contribution is 2.42. The maximum Gasteiger partial charge on any atom is 0.392 e. The van der Waals surface area contributed by atoms with Gasteiger partial charge in [0.05, 0.1) is 5.92 Å². The summed E-state index contributed by atoms with van der Waals surface area (Å²) in [7, 11) is 0. The first kappa shape index (κ1) is 17.1. The second-order valence-corrected chi connectivity index (χ2v) is 7.10. The van der Waals surface area contributed by atoms with Gasteiger partial charge in [-0.15, -0.1) is 0 Å². The lowest BCUT2D eigenvalue weighted by Gasteiger charge is -2.39. The Balaban J connectivity index is 2.03. The fraction of sp³-hybridized carbons (Fsp3) is 0.933. The van der Waals surface area contributed by atoms with Gasteiger partial charge in [0, 0.05) is 24.3 Å². The molecule has 2 fully saturated rings. The molecule has 1 saturated heterocycles. The smallest absolute Gasteiger partial charge is 0.342 e. The molecule has 1 amide bonds. The van der Waals surface area contributed by atoms with Gasteiger partial charge in [0.25, 0.3) is 0 Å². The van der Waals surface area contributed by atoms with Crippen molar-refractivity contribution >= 4 is 21.8 Å². The van der Waals surface area contributed by atoms with Gasteiger partial charge in [-0.3, -0.25) is 4.79 Å². The summed E-state index contributed by atoms with van der Waals surface area (Å²) in [5.74, 6) is -2.11. The minimum Gasteiger partial charge on any atom is -0.342 e. The Morgan fingerprint density at radius 3 is 2.52 bits per heavy atom. The first-order valence-corrected chi connectivity index (χ1v) is 8.97. The number of carbonyl (C=O) groups excluding carboxylic acids is 1. The lowest BCUT2D eigenvalue weighted by Crippen LogP contribution is -2.48. The number of halogens is 4. The molecule has 0 radical (unpaired) electrons. The standard InChI is InChI=1S/C15H23BrF3NO/c16-8-7-11-4-3-9-20(10-11)14(21)12-5-1-2-6-13(12)15(17,18)19/h11-13H,1-10H2. The van der Waals surface area contributed by atoms with Crippen LogP contribution in [-0.2, 0) is 4.79 Å². The average Bonchev–Trinajstić information content (AvgIpc) is 2.46. The number of piperidine rings is 1. The number of carbonyl (C=O) groups is 1. The van der Waals surface area contributed by atoms with Crippen LogP contribution in [-0.4, -0.2) is 35.4 Å². The molecule has 1 heterocycles. The van der Waals surface area contributed by atoms with Crippen molar-refractivity contribution in [3.05, 3.63) is 0 Å². The SMILES string of the molecule is O=C(C1CCCCC1C(F)(F)F)N1CCCC(CCBr)C1. The first-order chi connectivity index (χ1) is 9.93. The molecule has 0 bridgehead atoms. The molecule has 21 heavy (non-hydrogen) atoms. The molecule has 0 aromatic rings. The first-order valence-electron chi connectivity index (χ1n) is 7.85. The maximum atomic E-state index is 13.1. The van der Waals surface area contributed by atoms with Crippen LogP contribution < -0.4 is 0 Å². The van der Waals surface area contributed by atoms with Crippen LogP contribution in [0.3, 0.4) is 0 Å². The van der Waals surface area contributed by atoms with E-state index in [1.165, 1.54) is 0 Å². The number of nitrogens with zero attached hydrogens (tertiary/aromatic N) is 1.